The summed E-state index contributed by atoms with van der Waals surface area (Å²) >= 11 is 6.09. The van der Waals surface area contributed by atoms with Crippen LogP contribution in [0.15, 0.2) is 18.2 Å². The summed E-state index contributed by atoms with van der Waals surface area (Å²) in [5, 5.41) is 0.499. The van der Waals surface area contributed by atoms with Crippen molar-refractivity contribution in [2.75, 3.05) is 0 Å². The highest BCUT2D eigenvalue weighted by atomic mass is 35.5. The molecule has 2 atom stereocenters. The van der Waals surface area contributed by atoms with Gasteiger partial charge in [-0.15, -0.1) is 0 Å². The maximum atomic E-state index is 13.8. The molecule has 0 amide bonds. The van der Waals surface area contributed by atoms with Crippen LogP contribution in [0.1, 0.15) is 44.6 Å². The first kappa shape index (κ1) is 13.8. The van der Waals surface area contributed by atoms with Crippen molar-refractivity contribution in [3.05, 3.63) is 34.6 Å². The predicted molar refractivity (Wildman–Crippen MR) is 74.3 cm³/mol. The molecule has 0 heterocycles. The minimum Gasteiger partial charge on any atom is -0.325 e. The van der Waals surface area contributed by atoms with Crippen molar-refractivity contribution < 1.29 is 4.39 Å². The number of halogens is 2. The molecule has 1 saturated carbocycles. The van der Waals surface area contributed by atoms with E-state index in [9.17, 15) is 4.39 Å². The fraction of sp³-hybridized carbons (Fsp3) is 0.600. The highest BCUT2D eigenvalue weighted by Gasteiger charge is 2.33. The summed E-state index contributed by atoms with van der Waals surface area (Å²) in [6, 6.07) is 4.84. The number of hydrogen-bond donors (Lipinski definition) is 1. The van der Waals surface area contributed by atoms with Gasteiger partial charge in [-0.25, -0.2) is 4.39 Å². The maximum Gasteiger partial charge on any atom is 0.127 e. The standard InChI is InChI=1S/C15H21ClFN/c1-2-11-5-4-8-15(18,9-11)10-12-13(16)6-3-7-14(12)17/h3,6-7,11H,2,4-5,8-10,18H2,1H3. The van der Waals surface area contributed by atoms with E-state index in [1.165, 1.54) is 12.5 Å². The molecule has 18 heavy (non-hydrogen) atoms. The van der Waals surface area contributed by atoms with Crippen LogP contribution >= 0.6 is 11.6 Å². The van der Waals surface area contributed by atoms with Crippen molar-refractivity contribution in [3.8, 4) is 0 Å². The van der Waals surface area contributed by atoms with E-state index in [1.54, 1.807) is 12.1 Å². The van der Waals surface area contributed by atoms with E-state index in [1.807, 2.05) is 0 Å². The lowest BCUT2D eigenvalue weighted by atomic mass is 9.72. The van der Waals surface area contributed by atoms with Crippen LogP contribution < -0.4 is 5.73 Å². The second kappa shape index (κ2) is 5.58. The Hall–Kier alpha value is -0.600. The zero-order chi connectivity index (χ0) is 13.2. The fourth-order valence-corrected chi connectivity index (χ4v) is 3.31. The lowest BCUT2D eigenvalue weighted by Gasteiger charge is -2.38. The summed E-state index contributed by atoms with van der Waals surface area (Å²) in [5.74, 6) is 0.445. The topological polar surface area (TPSA) is 26.0 Å². The molecule has 1 nitrogen and oxygen atoms in total. The van der Waals surface area contributed by atoms with Crippen LogP contribution in [0.3, 0.4) is 0 Å². The molecule has 0 bridgehead atoms. The maximum absolute atomic E-state index is 13.8. The van der Waals surface area contributed by atoms with Crippen LogP contribution in [0.5, 0.6) is 0 Å². The van der Waals surface area contributed by atoms with Gasteiger partial charge in [0.1, 0.15) is 5.82 Å². The van der Waals surface area contributed by atoms with Gasteiger partial charge in [-0.2, -0.15) is 0 Å². The van der Waals surface area contributed by atoms with E-state index in [2.05, 4.69) is 6.92 Å². The van der Waals surface area contributed by atoms with Crippen LogP contribution in [-0.4, -0.2) is 5.54 Å². The van der Waals surface area contributed by atoms with E-state index in [0.29, 0.717) is 22.9 Å². The largest absolute Gasteiger partial charge is 0.325 e. The predicted octanol–water partition coefficient (Wildman–Crippen LogP) is 4.32. The van der Waals surface area contributed by atoms with Gasteiger partial charge < -0.3 is 5.73 Å². The van der Waals surface area contributed by atoms with Gasteiger partial charge in [-0.3, -0.25) is 0 Å². The first-order chi connectivity index (χ1) is 8.54. The number of nitrogens with two attached hydrogens (primary N) is 1. The van der Waals surface area contributed by atoms with E-state index in [-0.39, 0.29) is 11.4 Å². The fourth-order valence-electron chi connectivity index (χ4n) is 3.08. The molecular weight excluding hydrogens is 249 g/mol. The molecule has 100 valence electrons. The summed E-state index contributed by atoms with van der Waals surface area (Å²) in [4.78, 5) is 0. The normalized spacial score (nSPS) is 28.3. The van der Waals surface area contributed by atoms with Gasteiger partial charge in [-0.1, -0.05) is 43.9 Å². The third kappa shape index (κ3) is 3.04. The quantitative estimate of drug-likeness (QED) is 0.869. The van der Waals surface area contributed by atoms with E-state index >= 15 is 0 Å². The molecule has 2 unspecified atom stereocenters. The smallest absolute Gasteiger partial charge is 0.127 e. The molecule has 1 aliphatic rings. The third-order valence-electron chi connectivity index (χ3n) is 4.15. The minimum atomic E-state index is -0.287. The lowest BCUT2D eigenvalue weighted by Crippen LogP contribution is -2.46. The number of benzene rings is 1. The van der Waals surface area contributed by atoms with Crippen LogP contribution in [-0.2, 0) is 6.42 Å². The van der Waals surface area contributed by atoms with Gasteiger partial charge in [0.05, 0.1) is 0 Å². The van der Waals surface area contributed by atoms with E-state index in [0.717, 1.165) is 25.7 Å². The molecule has 0 aliphatic heterocycles. The van der Waals surface area contributed by atoms with Gasteiger partial charge in [-0.05, 0) is 37.3 Å². The van der Waals surface area contributed by atoms with Gasteiger partial charge in [0.15, 0.2) is 0 Å². The molecule has 0 spiro atoms. The average Bonchev–Trinajstić information content (AvgIpc) is 2.34. The monoisotopic (exact) mass is 269 g/mol. The Kier molecular flexibility index (Phi) is 4.29. The first-order valence-corrected chi connectivity index (χ1v) is 7.13. The van der Waals surface area contributed by atoms with Crippen molar-refractivity contribution in [1.29, 1.82) is 0 Å². The molecule has 0 radical (unpaired) electrons. The Morgan fingerprint density at radius 3 is 2.94 bits per heavy atom. The van der Waals surface area contributed by atoms with Crippen molar-refractivity contribution in [2.45, 2.75) is 51.0 Å². The molecule has 2 N–H and O–H groups in total. The zero-order valence-corrected chi connectivity index (χ0v) is 11.6. The zero-order valence-electron chi connectivity index (χ0n) is 10.9. The molecule has 1 fully saturated rings. The molecule has 2 rings (SSSR count). The van der Waals surface area contributed by atoms with Gasteiger partial charge in [0.25, 0.3) is 0 Å². The summed E-state index contributed by atoms with van der Waals surface area (Å²) < 4.78 is 13.8. The van der Waals surface area contributed by atoms with Crippen LogP contribution in [0.4, 0.5) is 4.39 Å². The highest BCUT2D eigenvalue weighted by molar-refractivity contribution is 6.31. The number of rotatable bonds is 3. The third-order valence-corrected chi connectivity index (χ3v) is 4.50. The summed E-state index contributed by atoms with van der Waals surface area (Å²) in [6.07, 6.45) is 6.04. The molecule has 1 aromatic rings. The summed E-state index contributed by atoms with van der Waals surface area (Å²) in [7, 11) is 0. The van der Waals surface area contributed by atoms with Crippen molar-refractivity contribution in [1.82, 2.24) is 0 Å². The van der Waals surface area contributed by atoms with Gasteiger partial charge in [0, 0.05) is 16.1 Å². The Labute approximate surface area is 114 Å². The molecule has 0 saturated heterocycles. The Bertz CT molecular complexity index is 401. The minimum absolute atomic E-state index is 0.231. The molecule has 1 aliphatic carbocycles. The Balaban J connectivity index is 2.17. The van der Waals surface area contributed by atoms with Gasteiger partial charge in [0.2, 0.25) is 0 Å². The van der Waals surface area contributed by atoms with E-state index in [4.69, 9.17) is 17.3 Å². The Morgan fingerprint density at radius 2 is 2.28 bits per heavy atom. The number of hydrogen-bond acceptors (Lipinski definition) is 1. The molecule has 3 heteroatoms. The molecule has 0 aromatic heterocycles. The summed E-state index contributed by atoms with van der Waals surface area (Å²) in [5.41, 5.74) is 6.76. The first-order valence-electron chi connectivity index (χ1n) is 6.76. The molecular formula is C15H21ClFN. The van der Waals surface area contributed by atoms with E-state index < -0.39 is 0 Å². The average molecular weight is 270 g/mol. The summed E-state index contributed by atoms with van der Waals surface area (Å²) in [6.45, 7) is 2.20. The lowest BCUT2D eigenvalue weighted by molar-refractivity contribution is 0.217. The second-order valence-electron chi connectivity index (χ2n) is 5.61. The van der Waals surface area contributed by atoms with Crippen LogP contribution in [0.25, 0.3) is 0 Å². The second-order valence-corrected chi connectivity index (χ2v) is 6.02. The van der Waals surface area contributed by atoms with Crippen molar-refractivity contribution >= 4 is 11.6 Å². The Morgan fingerprint density at radius 1 is 1.50 bits per heavy atom. The van der Waals surface area contributed by atoms with Crippen molar-refractivity contribution in [2.24, 2.45) is 11.7 Å². The molecule has 1 aromatic carbocycles. The SMILES string of the molecule is CCC1CCCC(N)(Cc2c(F)cccc2Cl)C1. The van der Waals surface area contributed by atoms with Crippen molar-refractivity contribution in [3.63, 3.8) is 0 Å². The van der Waals surface area contributed by atoms with Gasteiger partial charge >= 0.3 is 0 Å². The van der Waals surface area contributed by atoms with Crippen LogP contribution in [0.2, 0.25) is 5.02 Å². The highest BCUT2D eigenvalue weighted by Crippen LogP contribution is 2.36. The van der Waals surface area contributed by atoms with Crippen LogP contribution in [0, 0.1) is 11.7 Å².